The summed E-state index contributed by atoms with van der Waals surface area (Å²) in [6, 6.07) is 13.5. The van der Waals surface area contributed by atoms with Gasteiger partial charge in [-0.15, -0.1) is 0 Å². The van der Waals surface area contributed by atoms with Crippen LogP contribution in [0.4, 0.5) is 5.69 Å². The molecule has 0 aliphatic heterocycles. The van der Waals surface area contributed by atoms with Gasteiger partial charge >= 0.3 is 0 Å². The lowest BCUT2D eigenvalue weighted by Crippen LogP contribution is -1.99. The van der Waals surface area contributed by atoms with Gasteiger partial charge in [-0.25, -0.2) is 0 Å². The Morgan fingerprint density at radius 3 is 2.63 bits per heavy atom. The van der Waals surface area contributed by atoms with Crippen LogP contribution in [0.1, 0.15) is 5.56 Å². The molecule has 4 heteroatoms. The highest BCUT2D eigenvalue weighted by Crippen LogP contribution is 2.28. The smallest absolute Gasteiger partial charge is 0.0661 e. The van der Waals surface area contributed by atoms with Gasteiger partial charge in [-0.2, -0.15) is 0 Å². The molecule has 0 saturated carbocycles. The second kappa shape index (κ2) is 4.80. The van der Waals surface area contributed by atoms with Crippen molar-refractivity contribution >= 4 is 39.8 Å². The van der Waals surface area contributed by atoms with Crippen LogP contribution < -0.4 is 5.73 Å². The number of aromatic nitrogens is 1. The maximum absolute atomic E-state index is 6.24. The van der Waals surface area contributed by atoms with E-state index in [4.69, 9.17) is 28.9 Å². The Kier molecular flexibility index (Phi) is 3.13. The van der Waals surface area contributed by atoms with Gasteiger partial charge < -0.3 is 10.3 Å². The first-order valence-corrected chi connectivity index (χ1v) is 6.68. The molecule has 1 heterocycles. The third-order valence-corrected chi connectivity index (χ3v) is 3.82. The Hall–Kier alpha value is -1.64. The average molecular weight is 291 g/mol. The van der Waals surface area contributed by atoms with E-state index in [1.54, 1.807) is 6.07 Å². The summed E-state index contributed by atoms with van der Waals surface area (Å²) in [6.07, 6.45) is 1.92. The molecular formula is C15H12Cl2N2. The van der Waals surface area contributed by atoms with E-state index in [2.05, 4.69) is 4.57 Å². The van der Waals surface area contributed by atoms with Crippen molar-refractivity contribution in [2.75, 3.05) is 5.73 Å². The molecule has 0 fully saturated rings. The second-order valence-electron chi connectivity index (χ2n) is 4.47. The molecule has 0 atom stereocenters. The molecule has 2 nitrogen and oxygen atoms in total. The molecule has 3 aromatic rings. The highest BCUT2D eigenvalue weighted by molar-refractivity contribution is 6.35. The second-order valence-corrected chi connectivity index (χ2v) is 5.29. The summed E-state index contributed by atoms with van der Waals surface area (Å²) in [5.41, 5.74) is 8.59. The summed E-state index contributed by atoms with van der Waals surface area (Å²) >= 11 is 12.4. The summed E-state index contributed by atoms with van der Waals surface area (Å²) in [4.78, 5) is 0. The lowest BCUT2D eigenvalue weighted by Gasteiger charge is -2.08. The lowest BCUT2D eigenvalue weighted by atomic mass is 10.2. The fourth-order valence-electron chi connectivity index (χ4n) is 2.23. The van der Waals surface area contributed by atoms with E-state index in [0.29, 0.717) is 17.3 Å². The number of para-hydroxylation sites is 1. The zero-order chi connectivity index (χ0) is 13.4. The van der Waals surface area contributed by atoms with E-state index in [-0.39, 0.29) is 0 Å². The van der Waals surface area contributed by atoms with Crippen LogP contribution in [0.5, 0.6) is 0 Å². The molecule has 3 rings (SSSR count). The number of nitrogens with zero attached hydrogens (tertiary/aromatic N) is 1. The van der Waals surface area contributed by atoms with E-state index in [9.17, 15) is 0 Å². The van der Waals surface area contributed by atoms with Gasteiger partial charge in [-0.05, 0) is 29.8 Å². The van der Waals surface area contributed by atoms with Crippen LogP contribution in [0, 0.1) is 0 Å². The van der Waals surface area contributed by atoms with Crippen LogP contribution in [-0.2, 0) is 6.54 Å². The van der Waals surface area contributed by atoms with Gasteiger partial charge in [0.05, 0.1) is 5.02 Å². The molecule has 19 heavy (non-hydrogen) atoms. The van der Waals surface area contributed by atoms with Gasteiger partial charge in [0.15, 0.2) is 0 Å². The molecule has 0 aliphatic carbocycles. The Morgan fingerprint density at radius 1 is 1.00 bits per heavy atom. The minimum absolute atomic E-state index is 0.650. The fraction of sp³-hybridized carbons (Fsp3) is 0.0667. The molecule has 0 spiro atoms. The normalized spacial score (nSPS) is 11.1. The zero-order valence-electron chi connectivity index (χ0n) is 10.1. The van der Waals surface area contributed by atoms with Gasteiger partial charge in [0.25, 0.3) is 0 Å². The molecule has 2 N–H and O–H groups in total. The van der Waals surface area contributed by atoms with Gasteiger partial charge in [0, 0.05) is 34.4 Å². The van der Waals surface area contributed by atoms with Crippen molar-refractivity contribution in [3.8, 4) is 0 Å². The van der Waals surface area contributed by atoms with Gasteiger partial charge in [-0.3, -0.25) is 0 Å². The Bertz CT molecular complexity index is 747. The minimum Gasteiger partial charge on any atom is -0.399 e. The number of benzene rings is 2. The summed E-state index contributed by atoms with van der Waals surface area (Å²) in [7, 11) is 0. The molecule has 96 valence electrons. The number of nitrogens with two attached hydrogens (primary N) is 1. The van der Waals surface area contributed by atoms with Crippen molar-refractivity contribution in [3.63, 3.8) is 0 Å². The number of halogens is 2. The van der Waals surface area contributed by atoms with Crippen molar-refractivity contribution < 1.29 is 0 Å². The number of rotatable bonds is 2. The average Bonchev–Trinajstić information content (AvgIpc) is 2.72. The number of nitrogen functional groups attached to an aromatic ring is 1. The molecular weight excluding hydrogens is 279 g/mol. The molecule has 0 radical (unpaired) electrons. The van der Waals surface area contributed by atoms with Crippen LogP contribution in [0.3, 0.4) is 0 Å². The van der Waals surface area contributed by atoms with E-state index >= 15 is 0 Å². The number of fused-ring (bicyclic) bond motifs is 1. The van der Waals surface area contributed by atoms with Crippen molar-refractivity contribution in [2.24, 2.45) is 0 Å². The summed E-state index contributed by atoms with van der Waals surface area (Å²) in [5.74, 6) is 0. The summed E-state index contributed by atoms with van der Waals surface area (Å²) in [6.45, 7) is 0.650. The maximum Gasteiger partial charge on any atom is 0.0661 e. The first-order valence-electron chi connectivity index (χ1n) is 5.92. The van der Waals surface area contributed by atoms with E-state index in [1.807, 2.05) is 42.6 Å². The van der Waals surface area contributed by atoms with Crippen LogP contribution in [0.15, 0.2) is 48.7 Å². The van der Waals surface area contributed by atoms with Crippen LogP contribution in [0.2, 0.25) is 10.0 Å². The molecule has 0 bridgehead atoms. The highest BCUT2D eigenvalue weighted by atomic mass is 35.5. The lowest BCUT2D eigenvalue weighted by molar-refractivity contribution is 0.837. The predicted molar refractivity (Wildman–Crippen MR) is 81.9 cm³/mol. The fourth-order valence-corrected chi connectivity index (χ4v) is 2.69. The summed E-state index contributed by atoms with van der Waals surface area (Å²) < 4.78 is 2.08. The SMILES string of the molecule is Nc1ccc(Cl)c(Cn2cc(Cl)c3ccccc32)c1. The molecule has 0 unspecified atom stereocenters. The first-order chi connectivity index (χ1) is 9.15. The third-order valence-electron chi connectivity index (χ3n) is 3.15. The van der Waals surface area contributed by atoms with Gasteiger partial charge in [0.2, 0.25) is 0 Å². The van der Waals surface area contributed by atoms with Crippen LogP contribution >= 0.6 is 23.2 Å². The Balaban J connectivity index is 2.08. The van der Waals surface area contributed by atoms with E-state index in [0.717, 1.165) is 21.5 Å². The minimum atomic E-state index is 0.650. The van der Waals surface area contributed by atoms with Crippen LogP contribution in [-0.4, -0.2) is 4.57 Å². The molecule has 0 aliphatic rings. The summed E-state index contributed by atoms with van der Waals surface area (Å²) in [5, 5.41) is 2.50. The van der Waals surface area contributed by atoms with Crippen molar-refractivity contribution in [1.82, 2.24) is 4.57 Å². The third kappa shape index (κ3) is 2.29. The molecule has 0 amide bonds. The number of hydrogen-bond donors (Lipinski definition) is 1. The topological polar surface area (TPSA) is 30.9 Å². The van der Waals surface area contributed by atoms with Crippen molar-refractivity contribution in [3.05, 3.63) is 64.3 Å². The quantitative estimate of drug-likeness (QED) is 0.688. The Morgan fingerprint density at radius 2 is 1.79 bits per heavy atom. The van der Waals surface area contributed by atoms with Crippen molar-refractivity contribution in [2.45, 2.75) is 6.54 Å². The molecule has 1 aromatic heterocycles. The first kappa shape index (κ1) is 12.4. The highest BCUT2D eigenvalue weighted by Gasteiger charge is 2.08. The number of hydrogen-bond acceptors (Lipinski definition) is 1. The molecule has 2 aromatic carbocycles. The van der Waals surface area contributed by atoms with E-state index in [1.165, 1.54) is 0 Å². The molecule has 0 saturated heterocycles. The standard InChI is InChI=1S/C15H12Cl2N2/c16-13-6-5-11(18)7-10(13)8-19-9-14(17)12-3-1-2-4-15(12)19/h1-7,9H,8,18H2. The predicted octanol–water partition coefficient (Wildman–Crippen LogP) is 4.58. The zero-order valence-corrected chi connectivity index (χ0v) is 11.6. The largest absolute Gasteiger partial charge is 0.399 e. The number of anilines is 1. The van der Waals surface area contributed by atoms with Gasteiger partial charge in [-0.1, -0.05) is 41.4 Å². The van der Waals surface area contributed by atoms with Gasteiger partial charge in [0.1, 0.15) is 0 Å². The monoisotopic (exact) mass is 290 g/mol. The van der Waals surface area contributed by atoms with E-state index < -0.39 is 0 Å². The Labute approximate surface area is 121 Å². The van der Waals surface area contributed by atoms with Crippen LogP contribution in [0.25, 0.3) is 10.9 Å². The van der Waals surface area contributed by atoms with Crippen molar-refractivity contribution in [1.29, 1.82) is 0 Å². The maximum atomic E-state index is 6.24.